The second-order valence-corrected chi connectivity index (χ2v) is 3.21. The zero-order valence-electron chi connectivity index (χ0n) is 7.88. The molecule has 70 valence electrons. The van der Waals surface area contributed by atoms with Gasteiger partial charge in [-0.3, -0.25) is 0 Å². The summed E-state index contributed by atoms with van der Waals surface area (Å²) in [4.78, 5) is 0. The van der Waals surface area contributed by atoms with Gasteiger partial charge in [0.1, 0.15) is 0 Å². The summed E-state index contributed by atoms with van der Waals surface area (Å²) in [7, 11) is 0. The van der Waals surface area contributed by atoms with Gasteiger partial charge in [0.25, 0.3) is 0 Å². The van der Waals surface area contributed by atoms with Gasteiger partial charge >= 0.3 is 0 Å². The number of allylic oxidation sites excluding steroid dienone is 2. The molecule has 0 amide bonds. The van der Waals surface area contributed by atoms with E-state index in [1.54, 1.807) is 0 Å². The number of hydrogen-bond donors (Lipinski definition) is 2. The third kappa shape index (κ3) is 4.31. The van der Waals surface area contributed by atoms with Gasteiger partial charge in [-0.1, -0.05) is 18.2 Å². The number of rotatable bonds is 5. The van der Waals surface area contributed by atoms with Crippen LogP contribution in [0.3, 0.4) is 0 Å². The summed E-state index contributed by atoms with van der Waals surface area (Å²) in [6.45, 7) is 7.72. The summed E-state index contributed by atoms with van der Waals surface area (Å²) in [5.74, 6) is 0.00454. The van der Waals surface area contributed by atoms with Crippen LogP contribution in [-0.2, 0) is 0 Å². The van der Waals surface area contributed by atoms with Gasteiger partial charge in [0.15, 0.2) is 0 Å². The third-order valence-corrected chi connectivity index (χ3v) is 1.81. The van der Waals surface area contributed by atoms with E-state index in [-0.39, 0.29) is 19.1 Å². The molecule has 0 aliphatic carbocycles. The number of aliphatic hydroxyl groups is 2. The minimum Gasteiger partial charge on any atom is -0.396 e. The van der Waals surface area contributed by atoms with Crippen molar-refractivity contribution in [2.24, 2.45) is 5.92 Å². The van der Waals surface area contributed by atoms with Crippen molar-refractivity contribution in [3.05, 3.63) is 23.8 Å². The van der Waals surface area contributed by atoms with E-state index in [1.165, 1.54) is 5.57 Å². The first-order valence-electron chi connectivity index (χ1n) is 4.14. The van der Waals surface area contributed by atoms with E-state index < -0.39 is 0 Å². The largest absolute Gasteiger partial charge is 0.396 e. The summed E-state index contributed by atoms with van der Waals surface area (Å²) in [5.41, 5.74) is 1.93. The predicted octanol–water partition coefficient (Wildman–Crippen LogP) is 1.50. The van der Waals surface area contributed by atoms with Crippen LogP contribution in [0.2, 0.25) is 0 Å². The Morgan fingerprint density at radius 2 is 2.00 bits per heavy atom. The van der Waals surface area contributed by atoms with Gasteiger partial charge in [0, 0.05) is 12.5 Å². The first-order chi connectivity index (χ1) is 5.61. The molecule has 0 aromatic carbocycles. The minimum absolute atomic E-state index is 0.00454. The molecule has 0 radical (unpaired) electrons. The molecule has 0 aromatic rings. The average Bonchev–Trinajstić information content (AvgIpc) is 2.04. The molecule has 1 atom stereocenters. The topological polar surface area (TPSA) is 40.5 Å². The highest BCUT2D eigenvalue weighted by Crippen LogP contribution is 2.13. The standard InChI is InChI=1S/C10H18O2/c1-8(2)4-5-10(7-12)9(3)6-11/h4,10-12H,3,5-7H2,1-2H3. The maximum absolute atomic E-state index is 8.94. The fourth-order valence-corrected chi connectivity index (χ4v) is 0.877. The van der Waals surface area contributed by atoms with E-state index in [9.17, 15) is 0 Å². The zero-order valence-corrected chi connectivity index (χ0v) is 7.88. The van der Waals surface area contributed by atoms with Crippen LogP contribution in [0.15, 0.2) is 23.8 Å². The molecule has 0 spiro atoms. The van der Waals surface area contributed by atoms with E-state index in [4.69, 9.17) is 10.2 Å². The van der Waals surface area contributed by atoms with Crippen molar-refractivity contribution in [3.8, 4) is 0 Å². The van der Waals surface area contributed by atoms with Gasteiger partial charge in [0.2, 0.25) is 0 Å². The van der Waals surface area contributed by atoms with Crippen molar-refractivity contribution >= 4 is 0 Å². The lowest BCUT2D eigenvalue weighted by atomic mass is 9.97. The van der Waals surface area contributed by atoms with Crippen LogP contribution < -0.4 is 0 Å². The fourth-order valence-electron chi connectivity index (χ4n) is 0.877. The molecular weight excluding hydrogens is 152 g/mol. The van der Waals surface area contributed by atoms with Crippen molar-refractivity contribution < 1.29 is 10.2 Å². The molecular formula is C10H18O2. The van der Waals surface area contributed by atoms with Crippen LogP contribution in [0.5, 0.6) is 0 Å². The summed E-state index contributed by atoms with van der Waals surface area (Å²) < 4.78 is 0. The van der Waals surface area contributed by atoms with Gasteiger partial charge in [-0.2, -0.15) is 0 Å². The van der Waals surface area contributed by atoms with Gasteiger partial charge in [-0.05, 0) is 25.8 Å². The molecule has 2 nitrogen and oxygen atoms in total. The molecule has 0 aliphatic rings. The van der Waals surface area contributed by atoms with Crippen LogP contribution in [0.4, 0.5) is 0 Å². The smallest absolute Gasteiger partial charge is 0.0642 e. The second-order valence-electron chi connectivity index (χ2n) is 3.21. The molecule has 0 bridgehead atoms. The van der Waals surface area contributed by atoms with Crippen molar-refractivity contribution in [2.45, 2.75) is 20.3 Å². The molecule has 12 heavy (non-hydrogen) atoms. The Hall–Kier alpha value is -0.600. The highest BCUT2D eigenvalue weighted by Gasteiger charge is 2.08. The van der Waals surface area contributed by atoms with Crippen molar-refractivity contribution in [3.63, 3.8) is 0 Å². The van der Waals surface area contributed by atoms with E-state index >= 15 is 0 Å². The Morgan fingerprint density at radius 1 is 1.42 bits per heavy atom. The quantitative estimate of drug-likeness (QED) is 0.614. The molecule has 0 fully saturated rings. The molecule has 2 N–H and O–H groups in total. The first kappa shape index (κ1) is 11.4. The van der Waals surface area contributed by atoms with Crippen LogP contribution in [0.25, 0.3) is 0 Å². The molecule has 2 heteroatoms. The third-order valence-electron chi connectivity index (χ3n) is 1.81. The molecule has 0 aromatic heterocycles. The van der Waals surface area contributed by atoms with E-state index in [0.717, 1.165) is 6.42 Å². The molecule has 0 heterocycles. The van der Waals surface area contributed by atoms with Crippen LogP contribution >= 0.6 is 0 Å². The summed E-state index contributed by atoms with van der Waals surface area (Å²) in [6, 6.07) is 0. The molecule has 0 aliphatic heterocycles. The van der Waals surface area contributed by atoms with Gasteiger partial charge in [-0.15, -0.1) is 0 Å². The van der Waals surface area contributed by atoms with Gasteiger partial charge < -0.3 is 10.2 Å². The van der Waals surface area contributed by atoms with Crippen molar-refractivity contribution in [1.82, 2.24) is 0 Å². The molecule has 1 unspecified atom stereocenters. The van der Waals surface area contributed by atoms with E-state index in [1.807, 2.05) is 19.9 Å². The fraction of sp³-hybridized carbons (Fsp3) is 0.600. The summed E-state index contributed by atoms with van der Waals surface area (Å²) >= 11 is 0. The van der Waals surface area contributed by atoms with E-state index in [2.05, 4.69) is 6.58 Å². The van der Waals surface area contributed by atoms with Gasteiger partial charge in [0.05, 0.1) is 6.61 Å². The Morgan fingerprint density at radius 3 is 2.33 bits per heavy atom. The molecule has 0 saturated heterocycles. The highest BCUT2D eigenvalue weighted by molar-refractivity contribution is 5.05. The van der Waals surface area contributed by atoms with Crippen LogP contribution in [-0.4, -0.2) is 23.4 Å². The van der Waals surface area contributed by atoms with Crippen LogP contribution in [0.1, 0.15) is 20.3 Å². The maximum Gasteiger partial charge on any atom is 0.0642 e. The number of aliphatic hydroxyl groups excluding tert-OH is 2. The number of hydrogen-bond acceptors (Lipinski definition) is 2. The monoisotopic (exact) mass is 170 g/mol. The molecule has 0 saturated carbocycles. The molecule has 0 rings (SSSR count). The highest BCUT2D eigenvalue weighted by atomic mass is 16.3. The lowest BCUT2D eigenvalue weighted by molar-refractivity contribution is 0.228. The Balaban J connectivity index is 4.00. The first-order valence-corrected chi connectivity index (χ1v) is 4.14. The van der Waals surface area contributed by atoms with Crippen LogP contribution in [0, 0.1) is 5.92 Å². The lowest BCUT2D eigenvalue weighted by Crippen LogP contribution is -2.10. The maximum atomic E-state index is 8.94. The van der Waals surface area contributed by atoms with Gasteiger partial charge in [-0.25, -0.2) is 0 Å². The summed E-state index contributed by atoms with van der Waals surface area (Å²) in [6.07, 6.45) is 2.81. The Kier molecular flexibility index (Phi) is 5.68. The van der Waals surface area contributed by atoms with Crippen molar-refractivity contribution in [2.75, 3.05) is 13.2 Å². The Labute approximate surface area is 74.2 Å². The summed E-state index contributed by atoms with van der Waals surface area (Å²) in [5, 5.41) is 17.7. The predicted molar refractivity (Wildman–Crippen MR) is 50.8 cm³/mol. The normalized spacial score (nSPS) is 12.3. The average molecular weight is 170 g/mol. The van der Waals surface area contributed by atoms with Crippen molar-refractivity contribution in [1.29, 1.82) is 0 Å². The lowest BCUT2D eigenvalue weighted by Gasteiger charge is -2.12. The van der Waals surface area contributed by atoms with E-state index in [0.29, 0.717) is 5.57 Å². The SMILES string of the molecule is C=C(CO)C(CO)CC=C(C)C. The second kappa shape index (κ2) is 5.98. The minimum atomic E-state index is -0.0399. The zero-order chi connectivity index (χ0) is 9.56. The Bertz CT molecular complexity index is 167.